The second kappa shape index (κ2) is 6.48. The first-order chi connectivity index (χ1) is 10.0. The van der Waals surface area contributed by atoms with Crippen molar-refractivity contribution >= 4 is 5.91 Å². The number of aromatic nitrogens is 1. The van der Waals surface area contributed by atoms with Gasteiger partial charge in [-0.25, -0.2) is 0 Å². The summed E-state index contributed by atoms with van der Waals surface area (Å²) in [6, 6.07) is 9.42. The molecule has 0 aliphatic carbocycles. The predicted molar refractivity (Wildman–Crippen MR) is 83.9 cm³/mol. The normalized spacial score (nSPS) is 10.5. The van der Waals surface area contributed by atoms with Crippen molar-refractivity contribution in [1.29, 1.82) is 0 Å². The summed E-state index contributed by atoms with van der Waals surface area (Å²) >= 11 is 0. The molecule has 1 aromatic carbocycles. The van der Waals surface area contributed by atoms with Gasteiger partial charge in [0, 0.05) is 25.0 Å². The van der Waals surface area contributed by atoms with Crippen molar-refractivity contribution in [2.75, 3.05) is 13.7 Å². The van der Waals surface area contributed by atoms with E-state index in [9.17, 15) is 4.79 Å². The van der Waals surface area contributed by atoms with Gasteiger partial charge < -0.3 is 14.6 Å². The Morgan fingerprint density at radius 1 is 1.29 bits per heavy atom. The molecule has 0 aliphatic rings. The van der Waals surface area contributed by atoms with Crippen LogP contribution in [-0.2, 0) is 13.5 Å². The molecule has 1 heterocycles. The highest BCUT2D eigenvalue weighted by Crippen LogP contribution is 2.17. The summed E-state index contributed by atoms with van der Waals surface area (Å²) in [5.41, 5.74) is 4.33. The van der Waals surface area contributed by atoms with E-state index in [1.165, 1.54) is 17.0 Å². The number of nitrogens with one attached hydrogen (secondary N) is 1. The Morgan fingerprint density at radius 3 is 2.62 bits per heavy atom. The topological polar surface area (TPSA) is 43.3 Å². The first-order valence-corrected chi connectivity index (χ1v) is 7.07. The first-order valence-electron chi connectivity index (χ1n) is 7.07. The fourth-order valence-corrected chi connectivity index (χ4v) is 2.42. The summed E-state index contributed by atoms with van der Waals surface area (Å²) in [5.74, 6) is 0.500. The molecule has 0 bridgehead atoms. The highest BCUT2D eigenvalue weighted by atomic mass is 16.5. The Morgan fingerprint density at radius 2 is 2.00 bits per heavy atom. The summed E-state index contributed by atoms with van der Waals surface area (Å²) in [6.45, 7) is 4.80. The van der Waals surface area contributed by atoms with Crippen LogP contribution < -0.4 is 10.1 Å². The molecule has 0 saturated heterocycles. The third-order valence-electron chi connectivity index (χ3n) is 3.91. The van der Waals surface area contributed by atoms with E-state index < -0.39 is 0 Å². The van der Waals surface area contributed by atoms with Crippen molar-refractivity contribution in [2.45, 2.75) is 20.3 Å². The molecule has 4 nitrogen and oxygen atoms in total. The third kappa shape index (κ3) is 3.27. The van der Waals surface area contributed by atoms with E-state index in [-0.39, 0.29) is 5.91 Å². The molecule has 0 saturated carbocycles. The number of methoxy groups -OCH3 is 1. The van der Waals surface area contributed by atoms with Crippen LogP contribution in [0.1, 0.15) is 27.3 Å². The first kappa shape index (κ1) is 15.2. The van der Waals surface area contributed by atoms with Gasteiger partial charge in [0.25, 0.3) is 5.91 Å². The summed E-state index contributed by atoms with van der Waals surface area (Å²) in [6.07, 6.45) is 0.828. The standard InChI is InChI=1S/C17H22N2O2/c1-12-11-14(13(2)19(12)3)9-10-18-17(20)15-7-5-6-8-16(15)21-4/h5-8,11H,9-10H2,1-4H3,(H,18,20). The molecule has 2 aromatic rings. The Labute approximate surface area is 125 Å². The average molecular weight is 286 g/mol. The van der Waals surface area contributed by atoms with Gasteiger partial charge in [-0.3, -0.25) is 4.79 Å². The van der Waals surface area contributed by atoms with Gasteiger partial charge in [0.1, 0.15) is 5.75 Å². The van der Waals surface area contributed by atoms with E-state index in [1.54, 1.807) is 19.2 Å². The van der Waals surface area contributed by atoms with Crippen molar-refractivity contribution in [3.63, 3.8) is 0 Å². The molecular weight excluding hydrogens is 264 g/mol. The van der Waals surface area contributed by atoms with E-state index >= 15 is 0 Å². The molecule has 1 amide bonds. The van der Waals surface area contributed by atoms with Crippen LogP contribution in [-0.4, -0.2) is 24.1 Å². The van der Waals surface area contributed by atoms with Crippen LogP contribution in [0.25, 0.3) is 0 Å². The molecule has 0 fully saturated rings. The van der Waals surface area contributed by atoms with Crippen molar-refractivity contribution in [1.82, 2.24) is 9.88 Å². The zero-order valence-corrected chi connectivity index (χ0v) is 13.1. The largest absolute Gasteiger partial charge is 0.496 e. The zero-order chi connectivity index (χ0) is 15.4. The number of para-hydroxylation sites is 1. The molecule has 1 N–H and O–H groups in total. The number of hydrogen-bond donors (Lipinski definition) is 1. The number of ether oxygens (including phenoxy) is 1. The van der Waals surface area contributed by atoms with Crippen LogP contribution in [0.3, 0.4) is 0 Å². The SMILES string of the molecule is COc1ccccc1C(=O)NCCc1cc(C)n(C)c1C. The lowest BCUT2D eigenvalue weighted by atomic mass is 10.1. The molecule has 112 valence electrons. The van der Waals surface area contributed by atoms with Crippen LogP contribution in [0.4, 0.5) is 0 Å². The maximum atomic E-state index is 12.2. The van der Waals surface area contributed by atoms with Crippen LogP contribution in [0.2, 0.25) is 0 Å². The molecule has 0 aliphatic heterocycles. The Bertz CT molecular complexity index is 644. The zero-order valence-electron chi connectivity index (χ0n) is 13.1. The molecule has 0 radical (unpaired) electrons. The molecule has 0 unspecified atom stereocenters. The minimum absolute atomic E-state index is 0.0993. The number of carbonyl (C=O) groups is 1. The minimum atomic E-state index is -0.0993. The van der Waals surface area contributed by atoms with Gasteiger partial charge in [0.05, 0.1) is 12.7 Å². The minimum Gasteiger partial charge on any atom is -0.496 e. The maximum Gasteiger partial charge on any atom is 0.255 e. The Kier molecular flexibility index (Phi) is 4.68. The quantitative estimate of drug-likeness (QED) is 0.918. The second-order valence-electron chi connectivity index (χ2n) is 5.16. The fourth-order valence-electron chi connectivity index (χ4n) is 2.42. The smallest absolute Gasteiger partial charge is 0.255 e. The van der Waals surface area contributed by atoms with Gasteiger partial charge in [-0.2, -0.15) is 0 Å². The third-order valence-corrected chi connectivity index (χ3v) is 3.91. The number of nitrogens with zero attached hydrogens (tertiary/aromatic N) is 1. The van der Waals surface area contributed by atoms with Crippen LogP contribution in [0.15, 0.2) is 30.3 Å². The molecule has 1 aromatic heterocycles. The highest BCUT2D eigenvalue weighted by molar-refractivity contribution is 5.96. The van der Waals surface area contributed by atoms with Crippen molar-refractivity contribution in [3.05, 3.63) is 52.8 Å². The van der Waals surface area contributed by atoms with Crippen LogP contribution in [0.5, 0.6) is 5.75 Å². The number of amides is 1. The van der Waals surface area contributed by atoms with Gasteiger partial charge in [-0.05, 0) is 44.0 Å². The van der Waals surface area contributed by atoms with Crippen LogP contribution in [0, 0.1) is 13.8 Å². The average Bonchev–Trinajstić information content (AvgIpc) is 2.74. The van der Waals surface area contributed by atoms with Gasteiger partial charge in [-0.1, -0.05) is 12.1 Å². The predicted octanol–water partition coefficient (Wildman–Crippen LogP) is 2.62. The van der Waals surface area contributed by atoms with Crippen molar-refractivity contribution in [3.8, 4) is 5.75 Å². The van der Waals surface area contributed by atoms with Gasteiger partial charge in [-0.15, -0.1) is 0 Å². The van der Waals surface area contributed by atoms with Crippen LogP contribution >= 0.6 is 0 Å². The van der Waals surface area contributed by atoms with Gasteiger partial charge in [0.2, 0.25) is 0 Å². The maximum absolute atomic E-state index is 12.2. The molecule has 21 heavy (non-hydrogen) atoms. The second-order valence-corrected chi connectivity index (χ2v) is 5.16. The molecular formula is C17H22N2O2. The Hall–Kier alpha value is -2.23. The molecule has 0 spiro atoms. The van der Waals surface area contributed by atoms with Crippen molar-refractivity contribution in [2.24, 2.45) is 7.05 Å². The van der Waals surface area contributed by atoms with E-state index in [2.05, 4.69) is 36.8 Å². The van der Waals surface area contributed by atoms with E-state index in [0.717, 1.165) is 6.42 Å². The van der Waals surface area contributed by atoms with Gasteiger partial charge in [0.15, 0.2) is 0 Å². The summed E-state index contributed by atoms with van der Waals surface area (Å²) in [4.78, 5) is 12.2. The summed E-state index contributed by atoms with van der Waals surface area (Å²) in [5, 5.41) is 2.95. The van der Waals surface area contributed by atoms with Crippen molar-refractivity contribution < 1.29 is 9.53 Å². The fraction of sp³-hybridized carbons (Fsp3) is 0.353. The monoisotopic (exact) mass is 286 g/mol. The van der Waals surface area contributed by atoms with E-state index in [1.807, 2.05) is 12.1 Å². The number of carbonyl (C=O) groups excluding carboxylic acids is 1. The lowest BCUT2D eigenvalue weighted by Gasteiger charge is -2.09. The van der Waals surface area contributed by atoms with E-state index in [0.29, 0.717) is 17.9 Å². The molecule has 0 atom stereocenters. The number of aryl methyl sites for hydroxylation is 1. The number of benzene rings is 1. The summed E-state index contributed by atoms with van der Waals surface area (Å²) in [7, 11) is 3.63. The number of hydrogen-bond acceptors (Lipinski definition) is 2. The highest BCUT2D eigenvalue weighted by Gasteiger charge is 2.11. The lowest BCUT2D eigenvalue weighted by molar-refractivity contribution is 0.0951. The Balaban J connectivity index is 1.97. The molecule has 2 rings (SSSR count). The summed E-state index contributed by atoms with van der Waals surface area (Å²) < 4.78 is 7.37. The lowest BCUT2D eigenvalue weighted by Crippen LogP contribution is -2.26. The molecule has 4 heteroatoms. The number of rotatable bonds is 5. The van der Waals surface area contributed by atoms with E-state index in [4.69, 9.17) is 4.74 Å². The van der Waals surface area contributed by atoms with Gasteiger partial charge >= 0.3 is 0 Å².